The van der Waals surface area contributed by atoms with Crippen molar-refractivity contribution >= 4 is 44.9 Å². The van der Waals surface area contributed by atoms with Crippen LogP contribution in [-0.4, -0.2) is 74.8 Å². The molecule has 2 fully saturated rings. The maximum atomic E-state index is 13.8. The first kappa shape index (κ1) is 35.0. The van der Waals surface area contributed by atoms with Crippen LogP contribution in [0.5, 0.6) is 23.0 Å². The van der Waals surface area contributed by atoms with E-state index >= 15 is 0 Å². The fourth-order valence-corrected chi connectivity index (χ4v) is 6.56. The number of alkyl halides is 3. The fraction of sp³-hybridized carbons (Fsp3) is 0.308. The summed E-state index contributed by atoms with van der Waals surface area (Å²) in [6.45, 7) is 5.12. The zero-order valence-corrected chi connectivity index (χ0v) is 28.5. The number of amides is 2. The van der Waals surface area contributed by atoms with Gasteiger partial charge in [0, 0.05) is 67.2 Å². The third-order valence-electron chi connectivity index (χ3n) is 9.18. The number of hydrogen-bond acceptors (Lipinski definition) is 8. The maximum Gasteiger partial charge on any atom is 0.416 e. The van der Waals surface area contributed by atoms with E-state index in [4.69, 9.17) is 18.9 Å². The second kappa shape index (κ2) is 15.1. The van der Waals surface area contributed by atoms with Gasteiger partial charge in [-0.3, -0.25) is 19.5 Å². The number of nitrogens with zero attached hydrogens (tertiary/aromatic N) is 3. The van der Waals surface area contributed by atoms with E-state index in [1.165, 1.54) is 11.0 Å². The van der Waals surface area contributed by atoms with E-state index in [0.29, 0.717) is 64.2 Å². The average molecular weight is 715 g/mol. The molecular weight excluding hydrogens is 677 g/mol. The van der Waals surface area contributed by atoms with Crippen molar-refractivity contribution in [2.24, 2.45) is 0 Å². The lowest BCUT2D eigenvalue weighted by Crippen LogP contribution is -2.37. The number of pyridine rings is 1. The Balaban J connectivity index is 1.09. The lowest BCUT2D eigenvalue weighted by molar-refractivity contribution is -0.137. The van der Waals surface area contributed by atoms with E-state index in [1.54, 1.807) is 49.7 Å². The minimum absolute atomic E-state index is 0.0620. The monoisotopic (exact) mass is 714 g/mol. The molecule has 0 bridgehead atoms. The number of carbonyl (C=O) groups excluding carboxylic acids is 2. The molecule has 0 atom stereocenters. The highest BCUT2D eigenvalue weighted by atomic mass is 19.4. The number of carbonyl (C=O) groups is 2. The summed E-state index contributed by atoms with van der Waals surface area (Å²) >= 11 is 0. The van der Waals surface area contributed by atoms with Crippen LogP contribution in [0, 0.1) is 0 Å². The first-order valence-electron chi connectivity index (χ1n) is 17.1. The zero-order chi connectivity index (χ0) is 36.2. The predicted molar refractivity (Wildman–Crippen MR) is 191 cm³/mol. The molecule has 7 rings (SSSR count). The van der Waals surface area contributed by atoms with E-state index in [9.17, 15) is 22.8 Å². The molecule has 52 heavy (non-hydrogen) atoms. The van der Waals surface area contributed by atoms with Gasteiger partial charge in [-0.05, 0) is 78.2 Å². The summed E-state index contributed by atoms with van der Waals surface area (Å²) in [4.78, 5) is 34.0. The molecule has 2 aliphatic heterocycles. The van der Waals surface area contributed by atoms with E-state index in [-0.39, 0.29) is 29.3 Å². The van der Waals surface area contributed by atoms with E-state index in [2.05, 4.69) is 15.2 Å². The Hall–Kier alpha value is -5.40. The second-order valence-corrected chi connectivity index (χ2v) is 12.6. The molecule has 0 aliphatic carbocycles. The highest BCUT2D eigenvalue weighted by Crippen LogP contribution is 2.39. The number of fused-ring (bicyclic) bond motifs is 2. The molecule has 5 aromatic rings. The third kappa shape index (κ3) is 7.75. The summed E-state index contributed by atoms with van der Waals surface area (Å²) in [7, 11) is 1.58. The minimum atomic E-state index is -4.67. The molecule has 1 aromatic heterocycles. The number of rotatable bonds is 11. The molecule has 0 radical (unpaired) electrons. The van der Waals surface area contributed by atoms with Crippen molar-refractivity contribution in [3.8, 4) is 23.0 Å². The van der Waals surface area contributed by atoms with Crippen LogP contribution >= 0.6 is 0 Å². The van der Waals surface area contributed by atoms with Gasteiger partial charge in [-0.25, -0.2) is 0 Å². The molecule has 13 heteroatoms. The van der Waals surface area contributed by atoms with Crippen molar-refractivity contribution in [3.05, 3.63) is 90.1 Å². The first-order valence-corrected chi connectivity index (χ1v) is 17.1. The number of hydrogen-bond donors (Lipinski definition) is 1. The molecule has 4 aromatic carbocycles. The topological polar surface area (TPSA) is 102 Å². The lowest BCUT2D eigenvalue weighted by Gasteiger charge is -2.26. The van der Waals surface area contributed by atoms with Gasteiger partial charge in [-0.1, -0.05) is 12.1 Å². The normalized spacial score (nSPS) is 15.3. The van der Waals surface area contributed by atoms with Gasteiger partial charge < -0.3 is 29.2 Å². The van der Waals surface area contributed by atoms with Gasteiger partial charge in [0.2, 0.25) is 5.91 Å². The van der Waals surface area contributed by atoms with Crippen molar-refractivity contribution in [2.45, 2.75) is 25.4 Å². The fourth-order valence-electron chi connectivity index (χ4n) is 6.56. The summed E-state index contributed by atoms with van der Waals surface area (Å²) in [5.74, 6) is 1.32. The largest absolute Gasteiger partial charge is 0.493 e. The molecule has 2 saturated heterocycles. The van der Waals surface area contributed by atoms with Crippen LogP contribution in [0.25, 0.3) is 21.7 Å². The maximum absolute atomic E-state index is 13.8. The average Bonchev–Trinajstić information content (AvgIpc) is 3.58. The summed E-state index contributed by atoms with van der Waals surface area (Å²) in [5, 5.41) is 4.59. The van der Waals surface area contributed by atoms with Gasteiger partial charge in [-0.15, -0.1) is 0 Å². The Morgan fingerprint density at radius 3 is 2.56 bits per heavy atom. The van der Waals surface area contributed by atoms with Gasteiger partial charge >= 0.3 is 6.18 Å². The number of halogens is 3. The third-order valence-corrected chi connectivity index (χ3v) is 9.18. The van der Waals surface area contributed by atoms with E-state index in [0.717, 1.165) is 51.4 Å². The molecule has 2 aliphatic rings. The first-order chi connectivity index (χ1) is 25.2. The Kier molecular flexibility index (Phi) is 10.1. The van der Waals surface area contributed by atoms with Crippen LogP contribution in [0.15, 0.2) is 79.0 Å². The number of benzene rings is 4. The molecule has 10 nitrogen and oxygen atoms in total. The van der Waals surface area contributed by atoms with Crippen molar-refractivity contribution in [2.75, 3.05) is 63.3 Å². The highest BCUT2D eigenvalue weighted by Gasteiger charge is 2.33. The molecule has 0 spiro atoms. The molecule has 2 amide bonds. The Bertz CT molecular complexity index is 2120. The van der Waals surface area contributed by atoms with Crippen LogP contribution in [-0.2, 0) is 15.7 Å². The molecule has 270 valence electrons. The van der Waals surface area contributed by atoms with Crippen LogP contribution in [0.1, 0.15) is 35.2 Å². The van der Waals surface area contributed by atoms with Crippen molar-refractivity contribution in [1.29, 1.82) is 0 Å². The lowest BCUT2D eigenvalue weighted by atomic mass is 10.0. The highest BCUT2D eigenvalue weighted by molar-refractivity contribution is 6.13. The van der Waals surface area contributed by atoms with E-state index < -0.39 is 17.6 Å². The van der Waals surface area contributed by atoms with E-state index in [1.807, 2.05) is 18.2 Å². The Morgan fingerprint density at radius 1 is 0.942 bits per heavy atom. The quantitative estimate of drug-likeness (QED) is 0.139. The zero-order valence-electron chi connectivity index (χ0n) is 28.5. The van der Waals surface area contributed by atoms with Crippen molar-refractivity contribution in [3.63, 3.8) is 0 Å². The summed E-state index contributed by atoms with van der Waals surface area (Å²) < 4.78 is 64.9. The smallest absolute Gasteiger partial charge is 0.416 e. The minimum Gasteiger partial charge on any atom is -0.493 e. The second-order valence-electron chi connectivity index (χ2n) is 12.6. The van der Waals surface area contributed by atoms with Gasteiger partial charge in [-0.2, -0.15) is 13.2 Å². The van der Waals surface area contributed by atoms with Crippen LogP contribution in [0.2, 0.25) is 0 Å². The van der Waals surface area contributed by atoms with Gasteiger partial charge in [0.15, 0.2) is 11.5 Å². The van der Waals surface area contributed by atoms with Gasteiger partial charge in [0.25, 0.3) is 5.91 Å². The van der Waals surface area contributed by atoms with Crippen LogP contribution < -0.4 is 24.4 Å². The van der Waals surface area contributed by atoms with Crippen molar-refractivity contribution in [1.82, 2.24) is 9.88 Å². The number of ether oxygens (including phenoxy) is 4. The number of anilines is 2. The Labute approximate surface area is 298 Å². The molecule has 0 unspecified atom stereocenters. The summed E-state index contributed by atoms with van der Waals surface area (Å²) in [6, 6.07) is 18.9. The Morgan fingerprint density at radius 2 is 1.79 bits per heavy atom. The predicted octanol–water partition coefficient (Wildman–Crippen LogP) is 7.69. The molecular formula is C39H37F3N4O6. The van der Waals surface area contributed by atoms with Crippen LogP contribution in [0.3, 0.4) is 0 Å². The number of morpholine rings is 1. The van der Waals surface area contributed by atoms with Crippen LogP contribution in [0.4, 0.5) is 24.5 Å². The summed E-state index contributed by atoms with van der Waals surface area (Å²) in [6.07, 6.45) is -1.35. The number of nitrogens with one attached hydrogen (secondary N) is 1. The van der Waals surface area contributed by atoms with Crippen molar-refractivity contribution < 1.29 is 41.7 Å². The molecule has 1 N–H and O–H groups in total. The molecule has 0 saturated carbocycles. The molecule has 3 heterocycles. The van der Waals surface area contributed by atoms with Gasteiger partial charge in [0.05, 0.1) is 38.0 Å². The SMILES string of the molecule is COc1cc2c(Oc3ccc4c(C(=O)Nc5cc(N6CCCC6=O)cc(C(F)(F)F)c5)cccc4c3)ccnc2cc1OCCCN1CCOCC1. The summed E-state index contributed by atoms with van der Waals surface area (Å²) in [5.41, 5.74) is -0.000978. The number of methoxy groups -OCH3 is 1. The van der Waals surface area contributed by atoms with Gasteiger partial charge in [0.1, 0.15) is 11.5 Å². The number of aromatic nitrogens is 1. The standard InChI is InChI=1S/C39H37F3N4O6/c1-49-35-23-32-33(24-36(35)51-16-4-12-45-14-17-50-18-15-45)43-11-10-34(32)52-29-8-9-30-25(19-29)5-2-6-31(30)38(48)44-27-20-26(39(40,41)42)21-28(22-27)46-13-3-7-37(46)47/h2,5-6,8-11,19-24H,3-4,7,12-18H2,1H3,(H,44,48).